The molecule has 3 aromatic carbocycles. The second kappa shape index (κ2) is 10.0. The molecule has 1 aliphatic rings. The van der Waals surface area contributed by atoms with Crippen LogP contribution in [0.3, 0.4) is 0 Å². The van der Waals surface area contributed by atoms with E-state index < -0.39 is 0 Å². The van der Waals surface area contributed by atoms with E-state index in [0.717, 1.165) is 34.9 Å². The molecule has 0 aliphatic carbocycles. The Balaban J connectivity index is 1.52. The second-order valence-corrected chi connectivity index (χ2v) is 8.43. The second-order valence-electron chi connectivity index (χ2n) is 8.43. The number of amides is 2. The summed E-state index contributed by atoms with van der Waals surface area (Å²) in [6.45, 7) is 3.83. The number of halogens is 1. The van der Waals surface area contributed by atoms with Crippen LogP contribution in [0.5, 0.6) is 5.75 Å². The van der Waals surface area contributed by atoms with E-state index in [9.17, 15) is 14.0 Å². The van der Waals surface area contributed by atoms with Crippen LogP contribution in [0, 0.1) is 11.7 Å². The van der Waals surface area contributed by atoms with Gasteiger partial charge in [-0.3, -0.25) is 9.59 Å². The summed E-state index contributed by atoms with van der Waals surface area (Å²) >= 11 is 0. The minimum atomic E-state index is -0.308. The summed E-state index contributed by atoms with van der Waals surface area (Å²) < 4.78 is 19.0. The van der Waals surface area contributed by atoms with Crippen LogP contribution in [0.1, 0.15) is 35.7 Å². The van der Waals surface area contributed by atoms with Crippen molar-refractivity contribution in [3.63, 3.8) is 0 Å². The Kier molecular flexibility index (Phi) is 6.92. The molecule has 1 heterocycles. The fraction of sp³-hybridized carbons (Fsp3) is 0.333. The van der Waals surface area contributed by atoms with Crippen molar-refractivity contribution in [2.24, 2.45) is 5.92 Å². The molecule has 3 aromatic rings. The number of piperidine rings is 1. The molecule has 4 rings (SSSR count). The molecular formula is C27H29FN2O3. The monoisotopic (exact) mass is 448 g/mol. The summed E-state index contributed by atoms with van der Waals surface area (Å²) in [7, 11) is 1.62. The van der Waals surface area contributed by atoms with Gasteiger partial charge in [-0.25, -0.2) is 4.39 Å². The van der Waals surface area contributed by atoms with E-state index in [0.29, 0.717) is 31.7 Å². The highest BCUT2D eigenvalue weighted by Crippen LogP contribution is 2.30. The van der Waals surface area contributed by atoms with Crippen LogP contribution >= 0.6 is 0 Å². The van der Waals surface area contributed by atoms with Gasteiger partial charge >= 0.3 is 0 Å². The first kappa shape index (κ1) is 22.8. The highest BCUT2D eigenvalue weighted by Gasteiger charge is 2.32. The maximum atomic E-state index is 13.6. The zero-order chi connectivity index (χ0) is 23.4. The van der Waals surface area contributed by atoms with E-state index in [2.05, 4.69) is 0 Å². The van der Waals surface area contributed by atoms with Gasteiger partial charge in [-0.1, -0.05) is 36.4 Å². The Bertz CT molecular complexity index is 1160. The Morgan fingerprint density at radius 3 is 2.61 bits per heavy atom. The quantitative estimate of drug-likeness (QED) is 0.540. The zero-order valence-electron chi connectivity index (χ0n) is 19.1. The molecule has 0 N–H and O–H groups in total. The lowest BCUT2D eigenvalue weighted by Crippen LogP contribution is -2.46. The maximum absolute atomic E-state index is 13.6. The Hall–Kier alpha value is -3.41. The van der Waals surface area contributed by atoms with Gasteiger partial charge in [-0.05, 0) is 55.0 Å². The molecule has 33 heavy (non-hydrogen) atoms. The number of nitrogens with zero attached hydrogens (tertiary/aromatic N) is 2. The highest BCUT2D eigenvalue weighted by atomic mass is 19.1. The lowest BCUT2D eigenvalue weighted by atomic mass is 9.94. The van der Waals surface area contributed by atoms with Gasteiger partial charge in [-0.2, -0.15) is 0 Å². The number of hydrogen-bond acceptors (Lipinski definition) is 3. The first-order valence-electron chi connectivity index (χ1n) is 11.4. The van der Waals surface area contributed by atoms with Crippen LogP contribution in [-0.2, 0) is 11.3 Å². The largest absolute Gasteiger partial charge is 0.496 e. The van der Waals surface area contributed by atoms with E-state index in [-0.39, 0.29) is 23.5 Å². The number of fused-ring (bicyclic) bond motifs is 1. The molecule has 0 bridgehead atoms. The summed E-state index contributed by atoms with van der Waals surface area (Å²) in [5, 5.41) is 1.74. The van der Waals surface area contributed by atoms with E-state index in [4.69, 9.17) is 4.74 Å². The van der Waals surface area contributed by atoms with E-state index in [1.165, 1.54) is 12.1 Å². The molecule has 1 saturated heterocycles. The minimum Gasteiger partial charge on any atom is -0.496 e. The fourth-order valence-electron chi connectivity index (χ4n) is 4.63. The first-order chi connectivity index (χ1) is 16.0. The van der Waals surface area contributed by atoms with Crippen LogP contribution < -0.4 is 4.74 Å². The molecule has 0 radical (unpaired) electrons. The normalized spacial score (nSPS) is 16.0. The Labute approximate surface area is 193 Å². The van der Waals surface area contributed by atoms with Gasteiger partial charge < -0.3 is 14.5 Å². The average Bonchev–Trinajstić information content (AvgIpc) is 2.86. The molecule has 0 unspecified atom stereocenters. The molecule has 1 fully saturated rings. The SMILES string of the molecule is CCN(Cc1cccc(F)c1)C(=O)[C@H]1CCCN(C(=O)c2ccc(OC)c3ccccc23)C1. The zero-order valence-corrected chi connectivity index (χ0v) is 19.1. The molecule has 5 nitrogen and oxygen atoms in total. The summed E-state index contributed by atoms with van der Waals surface area (Å²) in [5.74, 6) is 0.0982. The lowest BCUT2D eigenvalue weighted by Gasteiger charge is -2.35. The number of likely N-dealkylation sites (tertiary alicyclic amines) is 1. The third-order valence-electron chi connectivity index (χ3n) is 6.35. The van der Waals surface area contributed by atoms with E-state index in [1.54, 1.807) is 29.0 Å². The third kappa shape index (κ3) is 4.85. The van der Waals surface area contributed by atoms with Crippen molar-refractivity contribution in [2.45, 2.75) is 26.3 Å². The molecule has 1 aliphatic heterocycles. The van der Waals surface area contributed by atoms with Gasteiger partial charge in [0.2, 0.25) is 5.91 Å². The van der Waals surface area contributed by atoms with Gasteiger partial charge in [0.05, 0.1) is 13.0 Å². The Morgan fingerprint density at radius 1 is 1.09 bits per heavy atom. The predicted molar refractivity (Wildman–Crippen MR) is 127 cm³/mol. The smallest absolute Gasteiger partial charge is 0.254 e. The van der Waals surface area contributed by atoms with Crippen LogP contribution in [0.4, 0.5) is 4.39 Å². The highest BCUT2D eigenvalue weighted by molar-refractivity contribution is 6.08. The Morgan fingerprint density at radius 2 is 1.88 bits per heavy atom. The maximum Gasteiger partial charge on any atom is 0.254 e. The summed E-state index contributed by atoms with van der Waals surface area (Å²) in [6.07, 6.45) is 1.51. The van der Waals surface area contributed by atoms with Crippen molar-refractivity contribution in [1.82, 2.24) is 9.80 Å². The topological polar surface area (TPSA) is 49.9 Å². The average molecular weight is 449 g/mol. The number of hydrogen-bond donors (Lipinski definition) is 0. The summed E-state index contributed by atoms with van der Waals surface area (Å²) in [5.41, 5.74) is 1.38. The van der Waals surface area contributed by atoms with Crippen molar-refractivity contribution in [3.05, 3.63) is 77.6 Å². The van der Waals surface area contributed by atoms with E-state index in [1.807, 2.05) is 43.3 Å². The van der Waals surface area contributed by atoms with Gasteiger partial charge in [0.1, 0.15) is 11.6 Å². The number of ether oxygens (including phenoxy) is 1. The number of rotatable bonds is 6. The van der Waals surface area contributed by atoms with Crippen LogP contribution in [0.15, 0.2) is 60.7 Å². The molecule has 0 saturated carbocycles. The van der Waals surface area contributed by atoms with Crippen molar-refractivity contribution in [3.8, 4) is 5.75 Å². The van der Waals surface area contributed by atoms with Crippen LogP contribution in [-0.4, -0.2) is 48.4 Å². The van der Waals surface area contributed by atoms with Crippen molar-refractivity contribution in [1.29, 1.82) is 0 Å². The van der Waals surface area contributed by atoms with Crippen molar-refractivity contribution >= 4 is 22.6 Å². The van der Waals surface area contributed by atoms with Crippen molar-refractivity contribution in [2.75, 3.05) is 26.7 Å². The third-order valence-corrected chi connectivity index (χ3v) is 6.35. The summed E-state index contributed by atoms with van der Waals surface area (Å²) in [6, 6.07) is 17.7. The number of benzene rings is 3. The predicted octanol–water partition coefficient (Wildman–Crippen LogP) is 4.89. The number of methoxy groups -OCH3 is 1. The van der Waals surface area contributed by atoms with Crippen LogP contribution in [0.2, 0.25) is 0 Å². The number of carbonyl (C=O) groups is 2. The van der Waals surface area contributed by atoms with Gasteiger partial charge in [0.25, 0.3) is 5.91 Å². The molecule has 1 atom stereocenters. The van der Waals surface area contributed by atoms with Gasteiger partial charge in [-0.15, -0.1) is 0 Å². The minimum absolute atomic E-state index is 0.0128. The standard InChI is InChI=1S/C27H29FN2O3/c1-3-29(17-19-8-6-10-21(28)16-19)26(31)20-9-7-15-30(18-20)27(32)24-13-14-25(33-2)23-12-5-4-11-22(23)24/h4-6,8,10-14,16,20H,3,7,9,15,17-18H2,1-2H3/t20-/m0/s1. The van der Waals surface area contributed by atoms with E-state index >= 15 is 0 Å². The molecular weight excluding hydrogens is 419 g/mol. The summed E-state index contributed by atoms with van der Waals surface area (Å²) in [4.78, 5) is 30.3. The van der Waals surface area contributed by atoms with Crippen molar-refractivity contribution < 1.29 is 18.7 Å². The molecule has 0 aromatic heterocycles. The number of carbonyl (C=O) groups excluding carboxylic acids is 2. The molecule has 2 amide bonds. The molecule has 6 heteroatoms. The first-order valence-corrected chi connectivity index (χ1v) is 11.4. The molecule has 0 spiro atoms. The van der Waals surface area contributed by atoms with Gasteiger partial charge in [0.15, 0.2) is 0 Å². The van der Waals surface area contributed by atoms with Crippen LogP contribution in [0.25, 0.3) is 10.8 Å². The molecule has 172 valence electrons. The lowest BCUT2D eigenvalue weighted by molar-refractivity contribution is -0.137. The fourth-order valence-corrected chi connectivity index (χ4v) is 4.63. The van der Waals surface area contributed by atoms with Gasteiger partial charge in [0, 0.05) is 37.1 Å².